The van der Waals surface area contributed by atoms with Crippen LogP contribution in [0.5, 0.6) is 0 Å². The maximum Gasteiger partial charge on any atom is 0.247 e. The van der Waals surface area contributed by atoms with Crippen molar-refractivity contribution in [3.8, 4) is 11.1 Å². The van der Waals surface area contributed by atoms with E-state index >= 15 is 0 Å². The number of aromatic amines is 1. The molecule has 0 aliphatic heterocycles. The molecule has 1 atom stereocenters. The minimum Gasteiger partial charge on any atom is -0.379 e. The zero-order valence-electron chi connectivity index (χ0n) is 16.6. The fraction of sp³-hybridized carbons (Fsp3) is 0.435. The molecule has 3 nitrogen and oxygen atoms in total. The first-order valence-corrected chi connectivity index (χ1v) is 9.98. The highest BCUT2D eigenvalue weighted by Gasteiger charge is 2.13. The van der Waals surface area contributed by atoms with E-state index in [9.17, 15) is 13.6 Å². The van der Waals surface area contributed by atoms with Crippen molar-refractivity contribution in [1.29, 1.82) is 0 Å². The molecule has 28 heavy (non-hydrogen) atoms. The first-order valence-electron chi connectivity index (χ1n) is 9.98. The van der Waals surface area contributed by atoms with Crippen LogP contribution in [0.3, 0.4) is 0 Å². The number of halogens is 2. The van der Waals surface area contributed by atoms with Gasteiger partial charge >= 0.3 is 0 Å². The van der Waals surface area contributed by atoms with Gasteiger partial charge in [0.15, 0.2) is 11.6 Å². The van der Waals surface area contributed by atoms with E-state index in [1.807, 2.05) is 6.08 Å². The lowest BCUT2D eigenvalue weighted by atomic mass is 10.0. The lowest BCUT2D eigenvalue weighted by Crippen LogP contribution is -2.08. The number of nitrogens with one attached hydrogen (secondary N) is 1. The number of rotatable bonds is 11. The van der Waals surface area contributed by atoms with Gasteiger partial charge in [-0.25, -0.2) is 8.78 Å². The first-order chi connectivity index (χ1) is 13.5. The van der Waals surface area contributed by atoms with Crippen molar-refractivity contribution >= 4 is 6.08 Å². The summed E-state index contributed by atoms with van der Waals surface area (Å²) in [5, 5.41) is 0. The molecule has 2 aromatic rings. The number of hydrogen-bond donors (Lipinski definition) is 1. The number of unbranched alkanes of at least 4 members (excludes halogenated alkanes) is 3. The van der Waals surface area contributed by atoms with E-state index in [0.29, 0.717) is 5.56 Å². The number of ether oxygens (including phenoxy) is 1. The number of aromatic nitrogens is 1. The van der Waals surface area contributed by atoms with Crippen LogP contribution in [0.15, 0.2) is 41.3 Å². The van der Waals surface area contributed by atoms with Gasteiger partial charge in [-0.15, -0.1) is 0 Å². The predicted octanol–water partition coefficient (Wildman–Crippen LogP) is 6.10. The van der Waals surface area contributed by atoms with Gasteiger partial charge in [0.2, 0.25) is 5.56 Å². The van der Waals surface area contributed by atoms with Crippen LogP contribution >= 0.6 is 0 Å². The molecule has 0 aliphatic carbocycles. The second-order valence-corrected chi connectivity index (χ2v) is 6.99. The molecule has 2 rings (SSSR count). The lowest BCUT2D eigenvalue weighted by molar-refractivity contribution is 0.0566. The second kappa shape index (κ2) is 11.5. The molecule has 0 fully saturated rings. The summed E-state index contributed by atoms with van der Waals surface area (Å²) in [6.45, 7) is 5.04. The Labute approximate surface area is 165 Å². The van der Waals surface area contributed by atoms with Crippen LogP contribution in [0.2, 0.25) is 0 Å². The molecule has 0 aliphatic rings. The van der Waals surface area contributed by atoms with Crippen LogP contribution in [-0.2, 0) is 4.74 Å². The fourth-order valence-corrected chi connectivity index (χ4v) is 2.95. The molecule has 1 heterocycles. The maximum atomic E-state index is 14.4. The molecule has 1 aromatic carbocycles. The van der Waals surface area contributed by atoms with Crippen LogP contribution in [-0.4, -0.2) is 17.7 Å². The number of H-pyrrole nitrogens is 1. The molecule has 0 radical (unpaired) electrons. The molecular weight excluding hydrogens is 360 g/mol. The minimum absolute atomic E-state index is 0.125. The van der Waals surface area contributed by atoms with Crippen molar-refractivity contribution < 1.29 is 13.5 Å². The Morgan fingerprint density at radius 2 is 1.93 bits per heavy atom. The van der Waals surface area contributed by atoms with Crippen LogP contribution in [0.1, 0.15) is 57.9 Å². The highest BCUT2D eigenvalue weighted by Crippen LogP contribution is 2.26. The normalized spacial score (nSPS) is 12.6. The van der Waals surface area contributed by atoms with Gasteiger partial charge in [-0.1, -0.05) is 44.1 Å². The Morgan fingerprint density at radius 3 is 2.64 bits per heavy atom. The molecular formula is C23H29F2NO2. The third-order valence-corrected chi connectivity index (χ3v) is 4.64. The van der Waals surface area contributed by atoms with Crippen molar-refractivity contribution in [3.05, 3.63) is 64.1 Å². The van der Waals surface area contributed by atoms with E-state index in [2.05, 4.69) is 18.8 Å². The highest BCUT2D eigenvalue weighted by molar-refractivity contribution is 5.66. The summed E-state index contributed by atoms with van der Waals surface area (Å²) in [7, 11) is 0. The third-order valence-electron chi connectivity index (χ3n) is 4.64. The van der Waals surface area contributed by atoms with E-state index < -0.39 is 11.6 Å². The summed E-state index contributed by atoms with van der Waals surface area (Å²) in [5.41, 5.74) is 0.485. The minimum atomic E-state index is -0.914. The SMILES string of the molecule is CCCCCOC(C)CCC/C=C/c1ccc(-c2ccc(=O)[nH]c2)c(F)c1F. The number of benzene rings is 1. The van der Waals surface area contributed by atoms with Crippen molar-refractivity contribution in [3.63, 3.8) is 0 Å². The summed E-state index contributed by atoms with van der Waals surface area (Å²) in [6.07, 6.45) is 11.2. The van der Waals surface area contributed by atoms with Gasteiger partial charge in [0.05, 0.1) is 6.10 Å². The molecule has 0 bridgehead atoms. The van der Waals surface area contributed by atoms with Gasteiger partial charge in [0.25, 0.3) is 0 Å². The quantitative estimate of drug-likeness (QED) is 0.472. The Bertz CT molecular complexity index is 809. The molecule has 1 N–H and O–H groups in total. The summed E-state index contributed by atoms with van der Waals surface area (Å²) < 4.78 is 34.5. The number of pyridine rings is 1. The van der Waals surface area contributed by atoms with Crippen molar-refractivity contribution in [2.75, 3.05) is 6.61 Å². The maximum absolute atomic E-state index is 14.4. The number of allylic oxidation sites excluding steroid dienone is 1. The zero-order chi connectivity index (χ0) is 20.4. The third kappa shape index (κ3) is 6.71. The van der Waals surface area contributed by atoms with E-state index in [0.717, 1.165) is 32.3 Å². The van der Waals surface area contributed by atoms with Gasteiger partial charge in [-0.2, -0.15) is 0 Å². The van der Waals surface area contributed by atoms with Gasteiger partial charge in [-0.05, 0) is 38.7 Å². The van der Waals surface area contributed by atoms with Gasteiger partial charge in [0, 0.05) is 35.6 Å². The van der Waals surface area contributed by atoms with Crippen LogP contribution < -0.4 is 5.56 Å². The van der Waals surface area contributed by atoms with Gasteiger partial charge < -0.3 is 9.72 Å². The molecule has 0 saturated heterocycles. The zero-order valence-corrected chi connectivity index (χ0v) is 16.6. The van der Waals surface area contributed by atoms with Crippen LogP contribution in [0.4, 0.5) is 8.78 Å². The standard InChI is InChI=1S/C23H29F2NO2/c1-3-4-8-15-28-17(2)9-6-5-7-10-18-11-13-20(23(25)22(18)24)19-12-14-21(27)26-16-19/h7,10-14,16-17H,3-6,8-9,15H2,1-2H3,(H,26,27)/b10-7+. The Kier molecular flexibility index (Phi) is 9.08. The lowest BCUT2D eigenvalue weighted by Gasteiger charge is -2.12. The molecule has 1 aromatic heterocycles. The van der Waals surface area contributed by atoms with Crippen LogP contribution in [0, 0.1) is 11.6 Å². The van der Waals surface area contributed by atoms with E-state index in [4.69, 9.17) is 4.74 Å². The van der Waals surface area contributed by atoms with Gasteiger partial charge in [-0.3, -0.25) is 4.79 Å². The summed E-state index contributed by atoms with van der Waals surface area (Å²) in [5.74, 6) is -1.80. The molecule has 1 unspecified atom stereocenters. The summed E-state index contributed by atoms with van der Waals surface area (Å²) in [4.78, 5) is 13.6. The molecule has 0 amide bonds. The second-order valence-electron chi connectivity index (χ2n) is 6.99. The number of hydrogen-bond acceptors (Lipinski definition) is 2. The van der Waals surface area contributed by atoms with Crippen LogP contribution in [0.25, 0.3) is 17.2 Å². The van der Waals surface area contributed by atoms with E-state index in [-0.39, 0.29) is 22.8 Å². The highest BCUT2D eigenvalue weighted by atomic mass is 19.2. The largest absolute Gasteiger partial charge is 0.379 e. The average molecular weight is 389 g/mol. The van der Waals surface area contributed by atoms with Gasteiger partial charge in [0.1, 0.15) is 0 Å². The van der Waals surface area contributed by atoms with Crippen molar-refractivity contribution in [2.24, 2.45) is 0 Å². The summed E-state index contributed by atoms with van der Waals surface area (Å²) >= 11 is 0. The van der Waals surface area contributed by atoms with E-state index in [1.54, 1.807) is 12.1 Å². The predicted molar refractivity (Wildman–Crippen MR) is 110 cm³/mol. The molecule has 0 saturated carbocycles. The average Bonchev–Trinajstić information content (AvgIpc) is 2.69. The van der Waals surface area contributed by atoms with Crippen molar-refractivity contribution in [2.45, 2.75) is 58.5 Å². The Morgan fingerprint density at radius 1 is 1.11 bits per heavy atom. The summed E-state index contributed by atoms with van der Waals surface area (Å²) in [6, 6.07) is 5.83. The molecule has 0 spiro atoms. The van der Waals surface area contributed by atoms with Crippen molar-refractivity contribution in [1.82, 2.24) is 4.98 Å². The Hall–Kier alpha value is -2.27. The monoisotopic (exact) mass is 389 g/mol. The Balaban J connectivity index is 1.86. The fourth-order valence-electron chi connectivity index (χ4n) is 2.95. The smallest absolute Gasteiger partial charge is 0.247 e. The topological polar surface area (TPSA) is 42.1 Å². The molecule has 152 valence electrons. The molecule has 5 heteroatoms. The van der Waals surface area contributed by atoms with E-state index in [1.165, 1.54) is 37.2 Å². The first kappa shape index (κ1) is 22.0.